The number of carbonyl (C=O) groups is 2. The summed E-state index contributed by atoms with van der Waals surface area (Å²) in [6.07, 6.45) is 1.43. The number of ketones is 1. The lowest BCUT2D eigenvalue weighted by atomic mass is 9.88. The zero-order chi connectivity index (χ0) is 16.4. The Bertz CT molecular complexity index is 674. The summed E-state index contributed by atoms with van der Waals surface area (Å²) in [6, 6.07) is 7.90. The summed E-state index contributed by atoms with van der Waals surface area (Å²) in [5.41, 5.74) is 7.52. The second kappa shape index (κ2) is 7.38. The molecule has 2 atom stereocenters. The summed E-state index contributed by atoms with van der Waals surface area (Å²) >= 11 is 1.57. The van der Waals surface area contributed by atoms with Crippen molar-refractivity contribution in [1.82, 2.24) is 0 Å². The number of aliphatic imine (C=N–C) groups is 1. The molecular formula is C18H24N2O3S. The van der Waals surface area contributed by atoms with Gasteiger partial charge in [0.15, 0.2) is 17.1 Å². The maximum absolute atomic E-state index is 12.3. The molecule has 0 aromatic heterocycles. The summed E-state index contributed by atoms with van der Waals surface area (Å²) in [7, 11) is 0. The minimum Gasteiger partial charge on any atom is -0.454 e. The van der Waals surface area contributed by atoms with E-state index in [1.165, 1.54) is 0 Å². The van der Waals surface area contributed by atoms with E-state index in [2.05, 4.69) is 11.9 Å². The average Bonchev–Trinajstić information content (AvgIpc) is 2.94. The normalized spacial score (nSPS) is 26.3. The van der Waals surface area contributed by atoms with Gasteiger partial charge in [0.1, 0.15) is 0 Å². The fourth-order valence-corrected chi connectivity index (χ4v) is 3.95. The van der Waals surface area contributed by atoms with Crippen molar-refractivity contribution in [1.29, 1.82) is 0 Å². The van der Waals surface area contributed by atoms with Crippen LogP contribution in [0.15, 0.2) is 29.3 Å². The number of benzene rings is 1. The number of hydrogen-bond acceptors (Lipinski definition) is 6. The van der Waals surface area contributed by atoms with Crippen LogP contribution in [0.25, 0.3) is 0 Å². The van der Waals surface area contributed by atoms with Gasteiger partial charge in [-0.2, -0.15) is 0 Å². The molecule has 3 rings (SSSR count). The molecular weight excluding hydrogens is 324 g/mol. The van der Waals surface area contributed by atoms with E-state index < -0.39 is 6.10 Å². The molecule has 2 N–H and O–H groups in total. The van der Waals surface area contributed by atoms with Crippen LogP contribution >= 0.6 is 11.8 Å². The van der Waals surface area contributed by atoms with Crippen molar-refractivity contribution < 1.29 is 14.3 Å². The van der Waals surface area contributed by atoms with Gasteiger partial charge in [0, 0.05) is 25.0 Å². The number of esters is 1. The molecule has 0 aliphatic carbocycles. The van der Waals surface area contributed by atoms with E-state index in [0.717, 1.165) is 23.3 Å². The molecule has 2 aliphatic rings. The first-order valence-electron chi connectivity index (χ1n) is 7.76. The predicted molar refractivity (Wildman–Crippen MR) is 97.0 cm³/mol. The summed E-state index contributed by atoms with van der Waals surface area (Å²) in [5, 5.41) is 0.609. The van der Waals surface area contributed by atoms with Crippen LogP contribution in [-0.2, 0) is 26.3 Å². The Morgan fingerprint density at radius 1 is 1.50 bits per heavy atom. The summed E-state index contributed by atoms with van der Waals surface area (Å²) < 4.78 is 5.05. The minimum atomic E-state index is -0.582. The fourth-order valence-electron chi connectivity index (χ4n) is 2.98. The Morgan fingerprint density at radius 3 is 2.96 bits per heavy atom. The van der Waals surface area contributed by atoms with Gasteiger partial charge in [0.25, 0.3) is 0 Å². The lowest BCUT2D eigenvalue weighted by Crippen LogP contribution is -2.29. The number of carbonyl (C=O) groups excluding carboxylic acids is 2. The van der Waals surface area contributed by atoms with Gasteiger partial charge in [-0.15, -0.1) is 0 Å². The van der Waals surface area contributed by atoms with E-state index in [4.69, 9.17) is 10.5 Å². The van der Waals surface area contributed by atoms with Gasteiger partial charge in [-0.3, -0.25) is 14.6 Å². The van der Waals surface area contributed by atoms with Crippen LogP contribution in [0.4, 0.5) is 0 Å². The highest BCUT2D eigenvalue weighted by Gasteiger charge is 2.31. The summed E-state index contributed by atoms with van der Waals surface area (Å²) in [5.74, 6) is 0.613. The molecule has 0 bridgehead atoms. The van der Waals surface area contributed by atoms with Gasteiger partial charge >= 0.3 is 5.97 Å². The maximum atomic E-state index is 12.3. The first kappa shape index (κ1) is 18.5. The zero-order valence-corrected chi connectivity index (χ0v) is 13.9. The molecule has 1 aromatic carbocycles. The topological polar surface area (TPSA) is 81.8 Å². The molecule has 0 radical (unpaired) electrons. The van der Waals surface area contributed by atoms with Gasteiger partial charge < -0.3 is 10.5 Å². The van der Waals surface area contributed by atoms with Crippen molar-refractivity contribution in [2.75, 3.05) is 5.75 Å². The molecule has 0 unspecified atom stereocenters. The number of nitrogens with two attached hydrogens (primary N) is 1. The standard InChI is InChI=1S/C17H20N2O3S.CH4/c1-17(7-8-23-16(18)19-17)12-4-2-3-11(9-12)10-13(20)14-5-6-15(21)22-14;/h2-4,9,14H,5-8,10H2,1H3,(H2,18,19);1H4/t14-,17-;/m0./s1. The molecule has 2 aliphatic heterocycles. The second-order valence-corrected chi connectivity index (χ2v) is 7.30. The van der Waals surface area contributed by atoms with Crippen molar-refractivity contribution in [3.05, 3.63) is 35.4 Å². The molecule has 5 nitrogen and oxygen atoms in total. The van der Waals surface area contributed by atoms with E-state index in [1.54, 1.807) is 11.8 Å². The molecule has 0 spiro atoms. The molecule has 1 aromatic rings. The molecule has 2 heterocycles. The van der Waals surface area contributed by atoms with Gasteiger partial charge in [-0.1, -0.05) is 43.5 Å². The first-order valence-corrected chi connectivity index (χ1v) is 8.74. The van der Waals surface area contributed by atoms with E-state index in [1.807, 2.05) is 24.3 Å². The third-order valence-electron chi connectivity index (χ3n) is 4.37. The Hall–Kier alpha value is -1.82. The van der Waals surface area contributed by atoms with E-state index in [9.17, 15) is 9.59 Å². The number of cyclic esters (lactones) is 1. The van der Waals surface area contributed by atoms with Crippen LogP contribution in [0, 0.1) is 0 Å². The number of ether oxygens (including phenoxy) is 1. The number of Topliss-reactive ketones (excluding diaryl/α,β-unsaturated/α-hetero) is 1. The largest absolute Gasteiger partial charge is 0.454 e. The highest BCUT2D eigenvalue weighted by molar-refractivity contribution is 8.13. The van der Waals surface area contributed by atoms with Gasteiger partial charge in [-0.05, 0) is 24.5 Å². The molecule has 24 heavy (non-hydrogen) atoms. The lowest BCUT2D eigenvalue weighted by Gasteiger charge is -2.30. The van der Waals surface area contributed by atoms with Crippen LogP contribution in [0.2, 0.25) is 0 Å². The minimum absolute atomic E-state index is 0. The summed E-state index contributed by atoms with van der Waals surface area (Å²) in [4.78, 5) is 28.0. The van der Waals surface area contributed by atoms with Crippen molar-refractivity contribution in [2.45, 2.75) is 51.7 Å². The number of nitrogens with zero attached hydrogens (tertiary/aromatic N) is 1. The monoisotopic (exact) mass is 348 g/mol. The van der Waals surface area contributed by atoms with Crippen molar-refractivity contribution >= 4 is 28.7 Å². The molecule has 6 heteroatoms. The smallest absolute Gasteiger partial charge is 0.306 e. The van der Waals surface area contributed by atoms with Crippen LogP contribution in [0.3, 0.4) is 0 Å². The van der Waals surface area contributed by atoms with Crippen molar-refractivity contribution in [2.24, 2.45) is 10.7 Å². The van der Waals surface area contributed by atoms with Crippen LogP contribution in [0.5, 0.6) is 0 Å². The molecule has 130 valence electrons. The highest BCUT2D eigenvalue weighted by Crippen LogP contribution is 2.35. The number of thioether (sulfide) groups is 1. The second-order valence-electron chi connectivity index (χ2n) is 6.18. The number of amidine groups is 1. The van der Waals surface area contributed by atoms with Crippen LogP contribution in [-0.4, -0.2) is 28.8 Å². The maximum Gasteiger partial charge on any atom is 0.306 e. The zero-order valence-electron chi connectivity index (χ0n) is 13.1. The molecule has 0 amide bonds. The number of hydrogen-bond donors (Lipinski definition) is 1. The van der Waals surface area contributed by atoms with Crippen LogP contribution in [0.1, 0.15) is 44.7 Å². The lowest BCUT2D eigenvalue weighted by molar-refractivity contribution is -0.147. The Morgan fingerprint density at radius 2 is 2.29 bits per heavy atom. The van der Waals surface area contributed by atoms with E-state index >= 15 is 0 Å². The quantitative estimate of drug-likeness (QED) is 0.846. The number of rotatable bonds is 4. The fraction of sp³-hybridized carbons (Fsp3) is 0.500. The highest BCUT2D eigenvalue weighted by atomic mass is 32.2. The van der Waals surface area contributed by atoms with Crippen molar-refractivity contribution in [3.63, 3.8) is 0 Å². The van der Waals surface area contributed by atoms with Crippen molar-refractivity contribution in [3.8, 4) is 0 Å². The third kappa shape index (κ3) is 3.98. The Kier molecular flexibility index (Phi) is 5.70. The Balaban J connectivity index is 0.00000208. The molecule has 0 saturated carbocycles. The summed E-state index contributed by atoms with van der Waals surface area (Å²) in [6.45, 7) is 2.07. The van der Waals surface area contributed by atoms with Gasteiger partial charge in [0.2, 0.25) is 0 Å². The molecule has 1 saturated heterocycles. The van der Waals surface area contributed by atoms with Gasteiger partial charge in [0.05, 0.1) is 5.54 Å². The first-order chi connectivity index (χ1) is 11.0. The average molecular weight is 348 g/mol. The SMILES string of the molecule is C.C[C@@]1(c2cccc(CC(=O)[C@@H]3CCC(=O)O3)c2)CCSC(N)=N1. The Labute approximate surface area is 147 Å². The van der Waals surface area contributed by atoms with Gasteiger partial charge in [-0.25, -0.2) is 0 Å². The van der Waals surface area contributed by atoms with E-state index in [0.29, 0.717) is 18.0 Å². The predicted octanol–water partition coefficient (Wildman–Crippen LogP) is 2.81. The van der Waals surface area contributed by atoms with E-state index in [-0.39, 0.29) is 31.1 Å². The third-order valence-corrected chi connectivity index (χ3v) is 5.16. The van der Waals surface area contributed by atoms with Crippen LogP contribution < -0.4 is 5.73 Å². The molecule has 1 fully saturated rings.